The molecule has 1 aromatic rings. The number of aliphatic hydroxyl groups is 1. The van der Waals surface area contributed by atoms with Crippen LogP contribution in [0.2, 0.25) is 5.02 Å². The molecule has 4 N–H and O–H groups in total. The molecular formula is C10H13ClN2O3S. The van der Waals surface area contributed by atoms with E-state index in [1.54, 1.807) is 0 Å². The maximum absolute atomic E-state index is 12.0. The molecule has 0 unspecified atom stereocenters. The minimum atomic E-state index is -3.71. The van der Waals surface area contributed by atoms with Crippen molar-refractivity contribution in [2.75, 3.05) is 12.3 Å². The van der Waals surface area contributed by atoms with E-state index in [9.17, 15) is 8.42 Å². The number of hydrogen-bond donors (Lipinski definition) is 3. The quantitative estimate of drug-likeness (QED) is 0.707. The molecule has 5 nitrogen and oxygen atoms in total. The summed E-state index contributed by atoms with van der Waals surface area (Å²) >= 11 is 5.70. The van der Waals surface area contributed by atoms with Crippen LogP contribution in [0.1, 0.15) is 12.8 Å². The average Bonchev–Trinajstić information content (AvgIpc) is 2.97. The Morgan fingerprint density at radius 3 is 2.59 bits per heavy atom. The van der Waals surface area contributed by atoms with Crippen LogP contribution in [-0.4, -0.2) is 25.7 Å². The van der Waals surface area contributed by atoms with Crippen LogP contribution in [0.15, 0.2) is 23.1 Å². The van der Waals surface area contributed by atoms with Gasteiger partial charge in [-0.3, -0.25) is 0 Å². The summed E-state index contributed by atoms with van der Waals surface area (Å²) in [5.41, 5.74) is 5.01. The largest absolute Gasteiger partial charge is 0.398 e. The number of nitrogens with two attached hydrogens (primary N) is 1. The Balaban J connectivity index is 2.32. The lowest BCUT2D eigenvalue weighted by atomic mass is 10.3. The SMILES string of the molecule is Nc1cc(Cl)ccc1S(=O)(=O)NC1(CO)CC1. The molecule has 0 aliphatic heterocycles. The third-order valence-corrected chi connectivity index (χ3v) is 4.66. The molecular weight excluding hydrogens is 264 g/mol. The van der Waals surface area contributed by atoms with Crippen molar-refractivity contribution >= 4 is 27.3 Å². The first kappa shape index (κ1) is 12.6. The average molecular weight is 277 g/mol. The molecule has 0 aromatic heterocycles. The maximum Gasteiger partial charge on any atom is 0.243 e. The summed E-state index contributed by atoms with van der Waals surface area (Å²) in [4.78, 5) is -0.0124. The van der Waals surface area contributed by atoms with Crippen molar-refractivity contribution in [2.45, 2.75) is 23.3 Å². The van der Waals surface area contributed by atoms with Crippen LogP contribution in [0.4, 0.5) is 5.69 Å². The highest BCUT2D eigenvalue weighted by atomic mass is 35.5. The van der Waals surface area contributed by atoms with E-state index < -0.39 is 15.6 Å². The molecule has 0 heterocycles. The van der Waals surface area contributed by atoms with Gasteiger partial charge in [0.25, 0.3) is 0 Å². The van der Waals surface area contributed by atoms with Crippen LogP contribution in [0, 0.1) is 0 Å². The summed E-state index contributed by atoms with van der Waals surface area (Å²) in [5.74, 6) is 0. The number of anilines is 1. The monoisotopic (exact) mass is 276 g/mol. The van der Waals surface area contributed by atoms with Gasteiger partial charge in [0.15, 0.2) is 0 Å². The van der Waals surface area contributed by atoms with Crippen LogP contribution in [0.25, 0.3) is 0 Å². The Labute approximate surface area is 105 Å². The number of hydrogen-bond acceptors (Lipinski definition) is 4. The molecule has 0 bridgehead atoms. The van der Waals surface area contributed by atoms with Crippen molar-refractivity contribution in [3.05, 3.63) is 23.2 Å². The second kappa shape index (κ2) is 4.13. The summed E-state index contributed by atoms with van der Waals surface area (Å²) in [7, 11) is -3.71. The molecule has 1 aliphatic carbocycles. The maximum atomic E-state index is 12.0. The predicted molar refractivity (Wildman–Crippen MR) is 65.2 cm³/mol. The molecule has 0 radical (unpaired) electrons. The third-order valence-electron chi connectivity index (χ3n) is 2.77. The van der Waals surface area contributed by atoms with E-state index in [1.165, 1.54) is 18.2 Å². The molecule has 0 atom stereocenters. The number of benzene rings is 1. The fourth-order valence-electron chi connectivity index (χ4n) is 1.55. The summed E-state index contributed by atoms with van der Waals surface area (Å²) in [6.07, 6.45) is 1.27. The fourth-order valence-corrected chi connectivity index (χ4v) is 3.29. The first-order valence-electron chi connectivity index (χ1n) is 5.08. The van der Waals surface area contributed by atoms with Gasteiger partial charge in [0, 0.05) is 5.02 Å². The molecule has 0 saturated heterocycles. The number of nitrogens with one attached hydrogen (secondary N) is 1. The lowest BCUT2D eigenvalue weighted by Crippen LogP contribution is -2.39. The van der Waals surface area contributed by atoms with Crippen LogP contribution in [-0.2, 0) is 10.0 Å². The van der Waals surface area contributed by atoms with Gasteiger partial charge < -0.3 is 10.8 Å². The Morgan fingerprint density at radius 2 is 2.12 bits per heavy atom. The highest BCUT2D eigenvalue weighted by Crippen LogP contribution is 2.36. The van der Waals surface area contributed by atoms with Crippen molar-refractivity contribution < 1.29 is 13.5 Å². The molecule has 1 aromatic carbocycles. The predicted octanol–water partition coefficient (Wildman–Crippen LogP) is 0.725. The first-order chi connectivity index (χ1) is 7.88. The molecule has 17 heavy (non-hydrogen) atoms. The van der Waals surface area contributed by atoms with Crippen LogP contribution >= 0.6 is 11.6 Å². The zero-order chi connectivity index (χ0) is 12.7. The second-order valence-electron chi connectivity index (χ2n) is 4.23. The lowest BCUT2D eigenvalue weighted by Gasteiger charge is -2.15. The Hall–Kier alpha value is -0.820. The summed E-state index contributed by atoms with van der Waals surface area (Å²) < 4.78 is 26.5. The topological polar surface area (TPSA) is 92.4 Å². The van der Waals surface area contributed by atoms with E-state index in [0.717, 1.165) is 0 Å². The van der Waals surface area contributed by atoms with Gasteiger partial charge in [0.1, 0.15) is 4.90 Å². The minimum absolute atomic E-state index is 0.0124. The smallest absolute Gasteiger partial charge is 0.243 e. The zero-order valence-corrected chi connectivity index (χ0v) is 10.6. The van der Waals surface area contributed by atoms with Gasteiger partial charge in [0.05, 0.1) is 17.8 Å². The fraction of sp³-hybridized carbons (Fsp3) is 0.400. The van der Waals surface area contributed by atoms with Gasteiger partial charge in [0.2, 0.25) is 10.0 Å². The molecule has 0 amide bonds. The Kier molecular flexibility index (Phi) is 3.07. The van der Waals surface area contributed by atoms with Gasteiger partial charge in [-0.2, -0.15) is 0 Å². The Bertz CT molecular complexity index is 540. The standard InChI is InChI=1S/C10H13ClN2O3S/c11-7-1-2-9(8(12)5-7)17(15,16)13-10(6-14)3-4-10/h1-2,5,13-14H,3-4,6,12H2. The van der Waals surface area contributed by atoms with Crippen LogP contribution in [0.3, 0.4) is 0 Å². The van der Waals surface area contributed by atoms with Gasteiger partial charge in [-0.15, -0.1) is 0 Å². The zero-order valence-electron chi connectivity index (χ0n) is 8.98. The van der Waals surface area contributed by atoms with Gasteiger partial charge in [-0.25, -0.2) is 13.1 Å². The third kappa shape index (κ3) is 2.55. The second-order valence-corrected chi connectivity index (χ2v) is 6.31. The van der Waals surface area contributed by atoms with E-state index in [0.29, 0.717) is 17.9 Å². The van der Waals surface area contributed by atoms with Crippen LogP contribution < -0.4 is 10.5 Å². The summed E-state index contributed by atoms with van der Waals surface area (Å²) in [5, 5.41) is 9.48. The van der Waals surface area contributed by atoms with E-state index in [-0.39, 0.29) is 17.2 Å². The molecule has 7 heteroatoms. The van der Waals surface area contributed by atoms with Crippen molar-refractivity contribution in [3.8, 4) is 0 Å². The number of aliphatic hydroxyl groups excluding tert-OH is 1. The Morgan fingerprint density at radius 1 is 1.47 bits per heavy atom. The van der Waals surface area contributed by atoms with Crippen molar-refractivity contribution in [1.82, 2.24) is 4.72 Å². The summed E-state index contributed by atoms with van der Waals surface area (Å²) in [6.45, 7) is -0.209. The number of rotatable bonds is 4. The van der Waals surface area contributed by atoms with Crippen molar-refractivity contribution in [2.24, 2.45) is 0 Å². The van der Waals surface area contributed by atoms with E-state index in [4.69, 9.17) is 22.4 Å². The molecule has 1 aliphatic rings. The molecule has 94 valence electrons. The van der Waals surface area contributed by atoms with Gasteiger partial charge in [-0.1, -0.05) is 11.6 Å². The molecule has 1 fully saturated rings. The number of nitrogen functional groups attached to an aromatic ring is 1. The van der Waals surface area contributed by atoms with Crippen LogP contribution in [0.5, 0.6) is 0 Å². The highest BCUT2D eigenvalue weighted by molar-refractivity contribution is 7.89. The highest BCUT2D eigenvalue weighted by Gasteiger charge is 2.45. The lowest BCUT2D eigenvalue weighted by molar-refractivity contribution is 0.246. The van der Waals surface area contributed by atoms with Crippen molar-refractivity contribution in [1.29, 1.82) is 0 Å². The van der Waals surface area contributed by atoms with E-state index in [2.05, 4.69) is 4.72 Å². The van der Waals surface area contributed by atoms with Crippen molar-refractivity contribution in [3.63, 3.8) is 0 Å². The minimum Gasteiger partial charge on any atom is -0.398 e. The molecule has 2 rings (SSSR count). The molecule has 1 saturated carbocycles. The van der Waals surface area contributed by atoms with E-state index in [1.807, 2.05) is 0 Å². The number of halogens is 1. The number of sulfonamides is 1. The van der Waals surface area contributed by atoms with Gasteiger partial charge in [-0.05, 0) is 31.0 Å². The van der Waals surface area contributed by atoms with Gasteiger partial charge >= 0.3 is 0 Å². The normalized spacial score (nSPS) is 18.0. The summed E-state index contributed by atoms with van der Waals surface area (Å²) in [6, 6.07) is 4.20. The first-order valence-corrected chi connectivity index (χ1v) is 6.95. The van der Waals surface area contributed by atoms with E-state index >= 15 is 0 Å². The molecule has 0 spiro atoms.